The van der Waals surface area contributed by atoms with Crippen LogP contribution in [0.5, 0.6) is 0 Å². The highest BCUT2D eigenvalue weighted by molar-refractivity contribution is 7.89. The second kappa shape index (κ2) is 8.64. The Kier molecular flexibility index (Phi) is 6.09. The number of benzene rings is 1. The Bertz CT molecular complexity index is 978. The molecule has 0 bridgehead atoms. The van der Waals surface area contributed by atoms with Crippen LogP contribution < -0.4 is 0 Å². The average molecular weight is 453 g/mol. The number of nitrogens with zero attached hydrogens (tertiary/aromatic N) is 4. The van der Waals surface area contributed by atoms with E-state index in [2.05, 4.69) is 0 Å². The first kappa shape index (κ1) is 21.8. The fourth-order valence-electron chi connectivity index (χ4n) is 4.42. The highest BCUT2D eigenvalue weighted by Crippen LogP contribution is 2.28. The quantitative estimate of drug-likeness (QED) is 0.492. The summed E-state index contributed by atoms with van der Waals surface area (Å²) in [4.78, 5) is 41.4. The molecule has 0 unspecified atom stereocenters. The highest BCUT2D eigenvalue weighted by atomic mass is 32.2. The Balaban J connectivity index is 1.41. The minimum Gasteiger partial charge on any atom is -0.284 e. The van der Waals surface area contributed by atoms with Crippen molar-refractivity contribution in [3.63, 3.8) is 0 Å². The first-order valence-electron chi connectivity index (χ1n) is 10.5. The lowest BCUT2D eigenvalue weighted by Gasteiger charge is -2.26. The van der Waals surface area contributed by atoms with E-state index in [1.807, 2.05) is 0 Å². The van der Waals surface area contributed by atoms with E-state index in [4.69, 9.17) is 0 Å². The topological polar surface area (TPSA) is 98.3 Å². The lowest BCUT2D eigenvalue weighted by atomic mass is 10.2. The van der Waals surface area contributed by atoms with Gasteiger partial charge in [-0.3, -0.25) is 19.4 Å². The number of urea groups is 1. The van der Waals surface area contributed by atoms with Crippen molar-refractivity contribution in [2.75, 3.05) is 32.8 Å². The van der Waals surface area contributed by atoms with Gasteiger partial charge >= 0.3 is 17.8 Å². The first-order valence-corrected chi connectivity index (χ1v) is 11.9. The first-order chi connectivity index (χ1) is 14.8. The number of halogens is 1. The van der Waals surface area contributed by atoms with E-state index in [9.17, 15) is 27.2 Å². The molecule has 4 rings (SSSR count). The minimum atomic E-state index is -3.77. The van der Waals surface area contributed by atoms with E-state index in [1.165, 1.54) is 16.4 Å². The van der Waals surface area contributed by atoms with Gasteiger partial charge < -0.3 is 0 Å². The molecule has 2 saturated heterocycles. The molecule has 1 saturated carbocycles. The molecule has 31 heavy (non-hydrogen) atoms. The number of sulfonamides is 1. The Morgan fingerprint density at radius 1 is 0.871 bits per heavy atom. The second-order valence-electron chi connectivity index (χ2n) is 8.10. The van der Waals surface area contributed by atoms with Gasteiger partial charge in [-0.1, -0.05) is 12.8 Å². The fourth-order valence-corrected chi connectivity index (χ4v) is 5.89. The Labute approximate surface area is 180 Å². The standard InChI is InChI=1S/C20H25FN4O5S/c21-15-6-8-17(9-7-15)31(29,30)23-11-3-10-22(12-13-23)14-24-18(26)19(27)25(20(24)28)16-4-1-2-5-16/h6-9,16H,1-5,10-14H2. The van der Waals surface area contributed by atoms with Crippen LogP contribution in [0.3, 0.4) is 0 Å². The summed E-state index contributed by atoms with van der Waals surface area (Å²) in [6.45, 7) is 1.16. The molecule has 1 aromatic carbocycles. The van der Waals surface area contributed by atoms with Crippen molar-refractivity contribution in [3.05, 3.63) is 30.1 Å². The largest absolute Gasteiger partial charge is 0.335 e. The van der Waals surface area contributed by atoms with Crippen LogP contribution in [0, 0.1) is 5.82 Å². The van der Waals surface area contributed by atoms with Crippen LogP contribution in [-0.2, 0) is 19.6 Å². The third kappa shape index (κ3) is 4.21. The molecule has 11 heteroatoms. The summed E-state index contributed by atoms with van der Waals surface area (Å²) in [5.41, 5.74) is 0. The fraction of sp³-hybridized carbons (Fsp3) is 0.550. The number of carbonyl (C=O) groups excluding carboxylic acids is 3. The number of hydrogen-bond donors (Lipinski definition) is 0. The van der Waals surface area contributed by atoms with Crippen LogP contribution in [0.25, 0.3) is 0 Å². The summed E-state index contributed by atoms with van der Waals surface area (Å²) in [6.07, 6.45) is 3.80. The van der Waals surface area contributed by atoms with Gasteiger partial charge in [0.15, 0.2) is 0 Å². The van der Waals surface area contributed by atoms with E-state index in [0.717, 1.165) is 47.6 Å². The molecule has 1 aliphatic carbocycles. The van der Waals surface area contributed by atoms with E-state index < -0.39 is 33.7 Å². The van der Waals surface area contributed by atoms with Gasteiger partial charge in [-0.2, -0.15) is 4.31 Å². The van der Waals surface area contributed by atoms with Crippen molar-refractivity contribution in [2.24, 2.45) is 0 Å². The number of carbonyl (C=O) groups is 3. The number of hydrogen-bond acceptors (Lipinski definition) is 6. The van der Waals surface area contributed by atoms with Crippen molar-refractivity contribution in [1.29, 1.82) is 0 Å². The SMILES string of the molecule is O=C1C(=O)N(C2CCCC2)C(=O)N1CN1CCCN(S(=O)(=O)c2ccc(F)cc2)CC1. The van der Waals surface area contributed by atoms with E-state index >= 15 is 0 Å². The number of imide groups is 2. The second-order valence-corrected chi connectivity index (χ2v) is 10.0. The zero-order valence-corrected chi connectivity index (χ0v) is 17.9. The molecule has 0 aromatic heterocycles. The lowest BCUT2D eigenvalue weighted by molar-refractivity contribution is -0.144. The monoisotopic (exact) mass is 452 g/mol. The predicted molar refractivity (Wildman–Crippen MR) is 108 cm³/mol. The van der Waals surface area contributed by atoms with Crippen molar-refractivity contribution in [3.8, 4) is 0 Å². The highest BCUT2D eigenvalue weighted by Gasteiger charge is 2.48. The van der Waals surface area contributed by atoms with E-state index in [0.29, 0.717) is 19.5 Å². The molecule has 2 heterocycles. The number of amides is 4. The van der Waals surface area contributed by atoms with Crippen LogP contribution in [-0.4, -0.2) is 84.2 Å². The van der Waals surface area contributed by atoms with E-state index in [1.54, 1.807) is 4.90 Å². The zero-order chi connectivity index (χ0) is 22.2. The van der Waals surface area contributed by atoms with Crippen LogP contribution in [0.2, 0.25) is 0 Å². The summed E-state index contributed by atoms with van der Waals surface area (Å²) < 4.78 is 40.2. The maximum absolute atomic E-state index is 13.1. The molecule has 3 fully saturated rings. The van der Waals surface area contributed by atoms with Gasteiger partial charge in [0.1, 0.15) is 5.82 Å². The molecule has 0 atom stereocenters. The van der Waals surface area contributed by atoms with E-state index in [-0.39, 0.29) is 30.7 Å². The summed E-state index contributed by atoms with van der Waals surface area (Å²) in [5, 5.41) is 0. The molecule has 0 N–H and O–H groups in total. The molecule has 3 aliphatic rings. The van der Waals surface area contributed by atoms with Crippen LogP contribution >= 0.6 is 0 Å². The van der Waals surface area contributed by atoms with Gasteiger partial charge in [0.25, 0.3) is 0 Å². The zero-order valence-electron chi connectivity index (χ0n) is 17.1. The molecule has 9 nitrogen and oxygen atoms in total. The van der Waals surface area contributed by atoms with Gasteiger partial charge in [0, 0.05) is 32.2 Å². The van der Waals surface area contributed by atoms with Crippen molar-refractivity contribution in [2.45, 2.75) is 43.0 Å². The normalized spacial score (nSPS) is 22.5. The van der Waals surface area contributed by atoms with Gasteiger partial charge in [0.2, 0.25) is 10.0 Å². The Morgan fingerprint density at radius 3 is 2.23 bits per heavy atom. The number of rotatable bonds is 5. The third-order valence-corrected chi connectivity index (χ3v) is 8.03. The smallest absolute Gasteiger partial charge is 0.284 e. The summed E-state index contributed by atoms with van der Waals surface area (Å²) in [7, 11) is -3.77. The predicted octanol–water partition coefficient (Wildman–Crippen LogP) is 1.21. The summed E-state index contributed by atoms with van der Waals surface area (Å²) >= 11 is 0. The molecule has 168 valence electrons. The van der Waals surface area contributed by atoms with Crippen molar-refractivity contribution in [1.82, 2.24) is 19.0 Å². The average Bonchev–Trinajstić information content (AvgIpc) is 3.24. The van der Waals surface area contributed by atoms with Gasteiger partial charge in [-0.25, -0.2) is 22.5 Å². The van der Waals surface area contributed by atoms with Gasteiger partial charge in [-0.15, -0.1) is 0 Å². The summed E-state index contributed by atoms with van der Waals surface area (Å²) in [5.74, 6) is -2.11. The molecule has 2 aliphatic heterocycles. The van der Waals surface area contributed by atoms with Gasteiger partial charge in [-0.05, 0) is 43.5 Å². The molecular weight excluding hydrogens is 427 g/mol. The maximum atomic E-state index is 13.1. The Hall–Kier alpha value is -2.37. The van der Waals surface area contributed by atoms with Crippen LogP contribution in [0.1, 0.15) is 32.1 Å². The molecular formula is C20H25FN4O5S. The van der Waals surface area contributed by atoms with Crippen molar-refractivity contribution >= 4 is 27.9 Å². The molecule has 0 spiro atoms. The van der Waals surface area contributed by atoms with Crippen LogP contribution in [0.4, 0.5) is 9.18 Å². The molecule has 0 radical (unpaired) electrons. The Morgan fingerprint density at radius 2 is 1.55 bits per heavy atom. The molecule has 4 amide bonds. The van der Waals surface area contributed by atoms with Crippen molar-refractivity contribution < 1.29 is 27.2 Å². The third-order valence-electron chi connectivity index (χ3n) is 6.11. The lowest BCUT2D eigenvalue weighted by Crippen LogP contribution is -2.45. The molecule has 1 aromatic rings. The maximum Gasteiger partial charge on any atom is 0.335 e. The summed E-state index contributed by atoms with van der Waals surface area (Å²) in [6, 6.07) is 3.89. The van der Waals surface area contributed by atoms with Crippen LogP contribution in [0.15, 0.2) is 29.2 Å². The minimum absolute atomic E-state index is 0.0186. The van der Waals surface area contributed by atoms with Gasteiger partial charge in [0.05, 0.1) is 11.6 Å².